The molecule has 7 rings (SSSR count). The minimum absolute atomic E-state index is 0.0354. The number of rotatable bonds is 9. The van der Waals surface area contributed by atoms with Gasteiger partial charge in [-0.05, 0) is 74.5 Å². The van der Waals surface area contributed by atoms with E-state index in [1.807, 2.05) is 0 Å². The molecular formula is C21H26F4NO8S2-. The Bertz CT molecular complexity index is 1130. The van der Waals surface area contributed by atoms with E-state index in [1.165, 1.54) is 0 Å². The van der Waals surface area contributed by atoms with E-state index >= 15 is 0 Å². The monoisotopic (exact) mass is 560 g/mol. The minimum Gasteiger partial charge on any atom is -0.459 e. The van der Waals surface area contributed by atoms with Crippen molar-refractivity contribution >= 4 is 26.3 Å². The van der Waals surface area contributed by atoms with Gasteiger partial charge in [-0.25, -0.2) is 16.8 Å². The highest BCUT2D eigenvalue weighted by Crippen LogP contribution is 2.57. The Kier molecular flexibility index (Phi) is 5.61. The molecule has 0 aromatic heterocycles. The number of carbonyl (C=O) groups is 1. The van der Waals surface area contributed by atoms with Crippen LogP contribution in [-0.4, -0.2) is 58.9 Å². The number of ether oxygens (including phenoxy) is 2. The second-order valence-electron chi connectivity index (χ2n) is 11.4. The van der Waals surface area contributed by atoms with Gasteiger partial charge in [-0.1, -0.05) is 0 Å². The average molecular weight is 561 g/mol. The fraction of sp³-hybridized carbons (Fsp3) is 0.952. The Morgan fingerprint density at radius 3 is 2.06 bits per heavy atom. The van der Waals surface area contributed by atoms with Crippen LogP contribution in [-0.2, 0) is 38.8 Å². The Balaban J connectivity index is 1.11. The first-order valence-electron chi connectivity index (χ1n) is 12.2. The fourth-order valence-corrected chi connectivity index (χ4v) is 10.4. The number of alkyl halides is 4. The van der Waals surface area contributed by atoms with Crippen molar-refractivity contribution in [1.82, 2.24) is 0 Å². The standard InChI is InChI=1S/C21H26F4NO8S2/c22-20(23,8-32-16-11-2-9-1-10(4-11)5-12(16)3-9)21(24,25)35(28,29)26-36(30,31)34-17-13-6-14-15(7-13)19(27)33-18(14)17/h9-18H,1-8H2/q-1. The molecule has 6 saturated carbocycles. The maximum atomic E-state index is 14.6. The lowest BCUT2D eigenvalue weighted by Crippen LogP contribution is -2.54. The van der Waals surface area contributed by atoms with Gasteiger partial charge in [0, 0.05) is 5.92 Å². The van der Waals surface area contributed by atoms with E-state index in [0.717, 1.165) is 32.1 Å². The third-order valence-electron chi connectivity index (χ3n) is 9.18. The average Bonchev–Trinajstić information content (AvgIpc) is 3.37. The number of halogens is 4. The van der Waals surface area contributed by atoms with Crippen molar-refractivity contribution in [3.63, 3.8) is 0 Å². The molecule has 204 valence electrons. The molecule has 5 unspecified atom stereocenters. The summed E-state index contributed by atoms with van der Waals surface area (Å²) in [5, 5.41) is -5.86. The van der Waals surface area contributed by atoms with E-state index in [0.29, 0.717) is 18.3 Å². The molecule has 7 fully saturated rings. The predicted octanol–water partition coefficient (Wildman–Crippen LogP) is 2.97. The molecule has 0 N–H and O–H groups in total. The lowest BCUT2D eigenvalue weighted by molar-refractivity contribution is -0.220. The highest BCUT2D eigenvalue weighted by atomic mass is 32.3. The van der Waals surface area contributed by atoms with Gasteiger partial charge in [0.2, 0.25) is 10.3 Å². The first kappa shape index (κ1) is 25.3. The summed E-state index contributed by atoms with van der Waals surface area (Å²) in [5.74, 6) is -6.11. The lowest BCUT2D eigenvalue weighted by Gasteiger charge is -2.54. The molecule has 6 aliphatic carbocycles. The largest absolute Gasteiger partial charge is 0.459 e. The first-order valence-corrected chi connectivity index (χ1v) is 15.0. The topological polar surface area (TPSA) is 127 Å². The van der Waals surface area contributed by atoms with Crippen LogP contribution in [0.4, 0.5) is 17.6 Å². The number of esters is 1. The zero-order valence-corrected chi connectivity index (χ0v) is 20.6. The summed E-state index contributed by atoms with van der Waals surface area (Å²) < 4.78 is 124. The maximum absolute atomic E-state index is 14.6. The number of hydrogen-bond donors (Lipinski definition) is 0. The van der Waals surface area contributed by atoms with Crippen molar-refractivity contribution in [2.24, 2.45) is 41.4 Å². The quantitative estimate of drug-likeness (QED) is 0.311. The molecule has 15 heteroatoms. The van der Waals surface area contributed by atoms with Gasteiger partial charge in [0.25, 0.3) is 0 Å². The molecule has 1 heterocycles. The molecule has 1 saturated heterocycles. The van der Waals surface area contributed by atoms with Crippen molar-refractivity contribution in [3.8, 4) is 0 Å². The fourth-order valence-electron chi connectivity index (χ4n) is 7.98. The second-order valence-corrected chi connectivity index (χ2v) is 14.5. The highest BCUT2D eigenvalue weighted by Gasteiger charge is 2.65. The van der Waals surface area contributed by atoms with Gasteiger partial charge in [0.15, 0.2) is 10.0 Å². The molecule has 6 bridgehead atoms. The smallest absolute Gasteiger partial charge is 0.394 e. The van der Waals surface area contributed by atoms with Crippen LogP contribution in [0.2, 0.25) is 0 Å². The summed E-state index contributed by atoms with van der Waals surface area (Å²) in [6, 6.07) is 0. The van der Waals surface area contributed by atoms with Crippen molar-refractivity contribution in [3.05, 3.63) is 4.13 Å². The minimum atomic E-state index is -6.59. The third-order valence-corrected chi connectivity index (χ3v) is 12.1. The third kappa shape index (κ3) is 3.82. The summed E-state index contributed by atoms with van der Waals surface area (Å²) in [5.41, 5.74) is 0. The molecule has 0 amide bonds. The zero-order chi connectivity index (χ0) is 25.8. The zero-order valence-electron chi connectivity index (χ0n) is 19.0. The predicted molar refractivity (Wildman–Crippen MR) is 112 cm³/mol. The van der Waals surface area contributed by atoms with Crippen LogP contribution in [0.5, 0.6) is 0 Å². The number of carbonyl (C=O) groups excluding carboxylic acids is 1. The maximum Gasteiger partial charge on any atom is 0.394 e. The van der Waals surface area contributed by atoms with Gasteiger partial charge >= 0.3 is 17.1 Å². The van der Waals surface area contributed by atoms with Crippen molar-refractivity contribution in [1.29, 1.82) is 0 Å². The van der Waals surface area contributed by atoms with Crippen LogP contribution in [0.3, 0.4) is 0 Å². The van der Waals surface area contributed by atoms with Gasteiger partial charge in [0.1, 0.15) is 18.8 Å². The Morgan fingerprint density at radius 2 is 1.44 bits per heavy atom. The van der Waals surface area contributed by atoms with Crippen LogP contribution in [0.15, 0.2) is 0 Å². The lowest BCUT2D eigenvalue weighted by atomic mass is 9.55. The summed E-state index contributed by atoms with van der Waals surface area (Å²) in [7, 11) is -12.2. The van der Waals surface area contributed by atoms with Gasteiger partial charge < -0.3 is 13.6 Å². The molecule has 5 atom stereocenters. The van der Waals surface area contributed by atoms with Crippen LogP contribution in [0.1, 0.15) is 44.9 Å². The van der Waals surface area contributed by atoms with Crippen LogP contribution >= 0.6 is 0 Å². The Labute approximate surface area is 205 Å². The molecule has 7 aliphatic rings. The van der Waals surface area contributed by atoms with E-state index in [1.54, 1.807) is 0 Å². The SMILES string of the molecule is O=C1OC2C3CC(CC13)C2OS(=O)(=O)[N-]S(=O)(=O)C(F)(F)C(F)(F)COC1C2CC3CC(C2)CC1C3. The highest BCUT2D eigenvalue weighted by molar-refractivity contribution is 8.10. The van der Waals surface area contributed by atoms with Crippen LogP contribution < -0.4 is 0 Å². The van der Waals surface area contributed by atoms with Crippen LogP contribution in [0, 0.1) is 41.4 Å². The Hall–Kier alpha value is -1.03. The van der Waals surface area contributed by atoms with E-state index in [-0.39, 0.29) is 24.2 Å². The number of nitrogens with zero attached hydrogens (tertiary/aromatic N) is 1. The number of sulfonamides is 1. The molecule has 0 aromatic rings. The van der Waals surface area contributed by atoms with Crippen molar-refractivity contribution in [2.75, 3.05) is 6.61 Å². The normalized spacial score (nSPS) is 43.4. The summed E-state index contributed by atoms with van der Waals surface area (Å²) >= 11 is 0. The van der Waals surface area contributed by atoms with E-state index in [4.69, 9.17) is 13.7 Å². The van der Waals surface area contributed by atoms with Crippen LogP contribution in [0.25, 0.3) is 4.13 Å². The van der Waals surface area contributed by atoms with E-state index in [9.17, 15) is 39.2 Å². The molecule has 1 aliphatic heterocycles. The second kappa shape index (κ2) is 7.99. The molecule has 9 nitrogen and oxygen atoms in total. The first-order chi connectivity index (χ1) is 16.7. The summed E-state index contributed by atoms with van der Waals surface area (Å²) in [4.78, 5) is 11.8. The van der Waals surface area contributed by atoms with E-state index in [2.05, 4.69) is 4.13 Å². The molecule has 0 spiro atoms. The molecule has 36 heavy (non-hydrogen) atoms. The summed E-state index contributed by atoms with van der Waals surface area (Å²) in [6.07, 6.45) is 1.81. The summed E-state index contributed by atoms with van der Waals surface area (Å²) in [6.45, 7) is -1.88. The van der Waals surface area contributed by atoms with Gasteiger partial charge in [-0.3, -0.25) is 8.98 Å². The Morgan fingerprint density at radius 1 is 0.861 bits per heavy atom. The molecular weight excluding hydrogens is 534 g/mol. The van der Waals surface area contributed by atoms with Gasteiger partial charge in [-0.15, -0.1) is 0 Å². The van der Waals surface area contributed by atoms with Gasteiger partial charge in [0.05, 0.1) is 12.0 Å². The van der Waals surface area contributed by atoms with E-state index < -0.39 is 74.2 Å². The van der Waals surface area contributed by atoms with Crippen molar-refractivity contribution < 1.29 is 52.8 Å². The van der Waals surface area contributed by atoms with Crippen molar-refractivity contribution in [2.45, 2.75) is 74.4 Å². The van der Waals surface area contributed by atoms with Gasteiger partial charge in [-0.2, -0.15) is 17.6 Å². The molecule has 0 radical (unpaired) electrons. The number of hydrogen-bond acceptors (Lipinski definition) is 8. The number of fused-ring (bicyclic) bond motifs is 1. The molecule has 0 aromatic carbocycles.